The molecule has 2 heterocycles. The van der Waals surface area contributed by atoms with E-state index in [0.29, 0.717) is 25.6 Å². The van der Waals surface area contributed by atoms with Crippen LogP contribution in [0.2, 0.25) is 0 Å². The van der Waals surface area contributed by atoms with Gasteiger partial charge < -0.3 is 29.6 Å². The summed E-state index contributed by atoms with van der Waals surface area (Å²) in [7, 11) is 4.04. The van der Waals surface area contributed by atoms with E-state index in [2.05, 4.69) is 34.6 Å². The summed E-state index contributed by atoms with van der Waals surface area (Å²) in [6.07, 6.45) is 3.41. The molecule has 1 aromatic heterocycles. The van der Waals surface area contributed by atoms with Crippen LogP contribution in [0.15, 0.2) is 36.4 Å². The summed E-state index contributed by atoms with van der Waals surface area (Å²) < 4.78 is 6.06. The molecule has 0 radical (unpaired) electrons. The van der Waals surface area contributed by atoms with Crippen LogP contribution in [0.5, 0.6) is 11.8 Å². The van der Waals surface area contributed by atoms with Crippen LogP contribution in [0.3, 0.4) is 0 Å². The lowest BCUT2D eigenvalue weighted by molar-refractivity contribution is 0.244. The van der Waals surface area contributed by atoms with E-state index in [-0.39, 0.29) is 18.4 Å². The summed E-state index contributed by atoms with van der Waals surface area (Å²) in [5.74, 6) is 1.20. The van der Waals surface area contributed by atoms with Crippen molar-refractivity contribution in [1.82, 2.24) is 14.9 Å². The molecule has 0 amide bonds. The third-order valence-electron chi connectivity index (χ3n) is 7.07. The van der Waals surface area contributed by atoms with Gasteiger partial charge in [-0.2, -0.15) is 9.97 Å². The number of rotatable bonds is 12. The Kier molecular flexibility index (Phi) is 9.05. The third kappa shape index (κ3) is 6.25. The molecule has 37 heavy (non-hydrogen) atoms. The Morgan fingerprint density at radius 2 is 1.92 bits per heavy atom. The lowest BCUT2D eigenvalue weighted by Gasteiger charge is -2.37. The summed E-state index contributed by atoms with van der Waals surface area (Å²) in [5.41, 5.74) is 3.13. The SMILES string of the molecule is CCCN(c1nc(OCCN(C)C)nc2c1CCN(c1cc(O)cc3ccccc13)C2)C(CC)CCO. The molecule has 4 rings (SSSR count). The zero-order valence-electron chi connectivity index (χ0n) is 22.7. The van der Waals surface area contributed by atoms with Crippen LogP contribution in [0, 0.1) is 0 Å². The van der Waals surface area contributed by atoms with E-state index in [1.807, 2.05) is 44.4 Å². The molecule has 0 spiro atoms. The highest BCUT2D eigenvalue weighted by Gasteiger charge is 2.29. The number of aliphatic hydroxyl groups excluding tert-OH is 1. The van der Waals surface area contributed by atoms with Gasteiger partial charge in [0.2, 0.25) is 0 Å². The Bertz CT molecular complexity index is 1190. The molecule has 1 unspecified atom stereocenters. The van der Waals surface area contributed by atoms with Crippen molar-refractivity contribution in [2.75, 3.05) is 56.7 Å². The molecule has 1 aliphatic rings. The van der Waals surface area contributed by atoms with Crippen LogP contribution in [-0.4, -0.2) is 78.1 Å². The highest BCUT2D eigenvalue weighted by molar-refractivity contribution is 5.95. The number of hydrogen-bond acceptors (Lipinski definition) is 8. The summed E-state index contributed by atoms with van der Waals surface area (Å²) in [5, 5.41) is 22.3. The minimum absolute atomic E-state index is 0.149. The van der Waals surface area contributed by atoms with E-state index in [4.69, 9.17) is 14.7 Å². The normalized spacial score (nSPS) is 14.2. The zero-order valence-corrected chi connectivity index (χ0v) is 22.7. The summed E-state index contributed by atoms with van der Waals surface area (Å²) in [6.45, 7) is 8.05. The lowest BCUT2D eigenvalue weighted by Crippen LogP contribution is -2.40. The van der Waals surface area contributed by atoms with Crippen LogP contribution in [-0.2, 0) is 13.0 Å². The highest BCUT2D eigenvalue weighted by atomic mass is 16.5. The Morgan fingerprint density at radius 3 is 2.65 bits per heavy atom. The maximum Gasteiger partial charge on any atom is 0.318 e. The van der Waals surface area contributed by atoms with Gasteiger partial charge in [-0.3, -0.25) is 0 Å². The van der Waals surface area contributed by atoms with Gasteiger partial charge in [-0.1, -0.05) is 38.1 Å². The van der Waals surface area contributed by atoms with Crippen LogP contribution in [0.25, 0.3) is 10.8 Å². The first-order valence-corrected chi connectivity index (χ1v) is 13.5. The third-order valence-corrected chi connectivity index (χ3v) is 7.07. The van der Waals surface area contributed by atoms with Gasteiger partial charge in [-0.15, -0.1) is 0 Å². The molecule has 8 heteroatoms. The standard InChI is InChI=1S/C29H41N5O3/c1-5-13-34(22(6-2)12-16-35)28-25-11-14-33(20-26(25)30-29(31-28)37-17-15-32(3)4)27-19-23(36)18-21-9-7-8-10-24(21)27/h7-10,18-19,22,35-36H,5-6,11-17,20H2,1-4H3. The second-order valence-electron chi connectivity index (χ2n) is 10.0. The van der Waals surface area contributed by atoms with Crippen molar-refractivity contribution in [3.05, 3.63) is 47.7 Å². The monoisotopic (exact) mass is 507 g/mol. The quantitative estimate of drug-likeness (QED) is 0.377. The molecule has 1 aliphatic heterocycles. The average molecular weight is 508 g/mol. The maximum atomic E-state index is 10.4. The van der Waals surface area contributed by atoms with Crippen molar-refractivity contribution in [3.8, 4) is 11.8 Å². The number of nitrogens with zero attached hydrogens (tertiary/aromatic N) is 5. The van der Waals surface area contributed by atoms with Gasteiger partial charge in [0.05, 0.1) is 12.2 Å². The molecule has 0 aliphatic carbocycles. The van der Waals surface area contributed by atoms with Gasteiger partial charge in [0.1, 0.15) is 18.2 Å². The van der Waals surface area contributed by atoms with Gasteiger partial charge >= 0.3 is 6.01 Å². The number of aliphatic hydroxyl groups is 1. The fraction of sp³-hybridized carbons (Fsp3) is 0.517. The fourth-order valence-corrected chi connectivity index (χ4v) is 5.18. The predicted molar refractivity (Wildman–Crippen MR) is 150 cm³/mol. The molecule has 2 N–H and O–H groups in total. The van der Waals surface area contributed by atoms with Crippen LogP contribution in [0.4, 0.5) is 11.5 Å². The number of aromatic nitrogens is 2. The Labute approximate surface area is 220 Å². The van der Waals surface area contributed by atoms with E-state index in [1.54, 1.807) is 0 Å². The van der Waals surface area contributed by atoms with Gasteiger partial charge in [-0.05, 0) is 51.2 Å². The molecular weight excluding hydrogens is 466 g/mol. The second kappa shape index (κ2) is 12.4. The number of hydrogen-bond donors (Lipinski definition) is 2. The number of benzene rings is 2. The summed E-state index contributed by atoms with van der Waals surface area (Å²) in [4.78, 5) is 16.6. The van der Waals surface area contributed by atoms with Gasteiger partial charge in [-0.25, -0.2) is 0 Å². The molecule has 3 aromatic rings. The number of ether oxygens (including phenoxy) is 1. The van der Waals surface area contributed by atoms with E-state index in [1.165, 1.54) is 0 Å². The van der Waals surface area contributed by atoms with Crippen molar-refractivity contribution < 1.29 is 14.9 Å². The summed E-state index contributed by atoms with van der Waals surface area (Å²) >= 11 is 0. The molecular formula is C29H41N5O3. The van der Waals surface area contributed by atoms with Crippen molar-refractivity contribution in [3.63, 3.8) is 0 Å². The van der Waals surface area contributed by atoms with Gasteiger partial charge in [0, 0.05) is 55.0 Å². The Morgan fingerprint density at radius 1 is 1.11 bits per heavy atom. The maximum absolute atomic E-state index is 10.4. The van der Waals surface area contributed by atoms with E-state index in [9.17, 15) is 10.2 Å². The first-order valence-electron chi connectivity index (χ1n) is 13.5. The Balaban J connectivity index is 1.75. The number of phenols is 1. The van der Waals surface area contributed by atoms with Crippen LogP contribution >= 0.6 is 0 Å². The minimum Gasteiger partial charge on any atom is -0.508 e. The average Bonchev–Trinajstić information content (AvgIpc) is 2.89. The van der Waals surface area contributed by atoms with Crippen molar-refractivity contribution >= 4 is 22.3 Å². The van der Waals surface area contributed by atoms with Crippen molar-refractivity contribution in [2.24, 2.45) is 0 Å². The highest BCUT2D eigenvalue weighted by Crippen LogP contribution is 2.37. The number of fused-ring (bicyclic) bond motifs is 2. The number of phenolic OH excluding ortho intramolecular Hbond substituents is 1. The molecule has 2 aromatic carbocycles. The molecule has 0 saturated carbocycles. The van der Waals surface area contributed by atoms with Crippen LogP contribution < -0.4 is 14.5 Å². The molecule has 0 saturated heterocycles. The lowest BCUT2D eigenvalue weighted by atomic mass is 10.0. The number of likely N-dealkylation sites (N-methyl/N-ethyl adjacent to an activating group) is 1. The number of anilines is 2. The van der Waals surface area contributed by atoms with Crippen molar-refractivity contribution in [1.29, 1.82) is 0 Å². The largest absolute Gasteiger partial charge is 0.508 e. The smallest absolute Gasteiger partial charge is 0.318 e. The van der Waals surface area contributed by atoms with E-state index < -0.39 is 0 Å². The fourth-order valence-electron chi connectivity index (χ4n) is 5.18. The number of aromatic hydroxyl groups is 1. The van der Waals surface area contributed by atoms with Gasteiger partial charge in [0.25, 0.3) is 0 Å². The summed E-state index contributed by atoms with van der Waals surface area (Å²) in [6, 6.07) is 12.4. The first-order chi connectivity index (χ1) is 17.9. The molecule has 0 bridgehead atoms. The van der Waals surface area contributed by atoms with Crippen LogP contribution in [0.1, 0.15) is 44.4 Å². The topological polar surface area (TPSA) is 85.2 Å². The molecule has 8 nitrogen and oxygen atoms in total. The Hall–Kier alpha value is -3.10. The predicted octanol–water partition coefficient (Wildman–Crippen LogP) is 4.22. The van der Waals surface area contributed by atoms with E-state index >= 15 is 0 Å². The molecule has 1 atom stereocenters. The molecule has 200 valence electrons. The van der Waals surface area contributed by atoms with E-state index in [0.717, 1.165) is 72.4 Å². The first kappa shape index (κ1) is 26.9. The second-order valence-corrected chi connectivity index (χ2v) is 10.0. The van der Waals surface area contributed by atoms with Crippen molar-refractivity contribution in [2.45, 2.75) is 52.1 Å². The zero-order chi connectivity index (χ0) is 26.4. The minimum atomic E-state index is 0.149. The molecule has 0 fully saturated rings. The van der Waals surface area contributed by atoms with Gasteiger partial charge in [0.15, 0.2) is 0 Å².